The lowest BCUT2D eigenvalue weighted by Gasteiger charge is -2.23. The van der Waals surface area contributed by atoms with Crippen LogP contribution in [0.15, 0.2) is 60.2 Å². The summed E-state index contributed by atoms with van der Waals surface area (Å²) < 4.78 is 0. The second-order valence-corrected chi connectivity index (χ2v) is 8.35. The summed E-state index contributed by atoms with van der Waals surface area (Å²) in [6.45, 7) is 3.76. The Morgan fingerprint density at radius 1 is 1.10 bits per heavy atom. The van der Waals surface area contributed by atoms with Crippen LogP contribution >= 0.6 is 22.9 Å². The smallest absolute Gasteiger partial charge is 0.301 e. The number of nitrogens with zero attached hydrogens (tertiary/aromatic N) is 2. The molecule has 2 aromatic carbocycles. The van der Waals surface area contributed by atoms with Gasteiger partial charge in [0.1, 0.15) is 5.76 Å². The maximum Gasteiger partial charge on any atom is 0.301 e. The molecule has 1 saturated heterocycles. The highest BCUT2D eigenvalue weighted by atomic mass is 35.5. The van der Waals surface area contributed by atoms with Crippen molar-refractivity contribution in [3.63, 3.8) is 0 Å². The molecule has 4 rings (SSSR count). The number of halogens is 1. The molecule has 146 valence electrons. The second kappa shape index (κ2) is 7.46. The third-order valence-corrected chi connectivity index (χ3v) is 6.19. The van der Waals surface area contributed by atoms with Crippen molar-refractivity contribution in [1.29, 1.82) is 0 Å². The number of anilines is 1. The Kier molecular flexibility index (Phi) is 4.98. The first kappa shape index (κ1) is 19.4. The van der Waals surface area contributed by atoms with Crippen molar-refractivity contribution in [1.82, 2.24) is 4.98 Å². The number of carbonyl (C=O) groups excluding carboxylic acids is 2. The van der Waals surface area contributed by atoms with Crippen LogP contribution in [-0.4, -0.2) is 21.8 Å². The molecule has 1 fully saturated rings. The van der Waals surface area contributed by atoms with Gasteiger partial charge >= 0.3 is 5.91 Å². The van der Waals surface area contributed by atoms with Crippen LogP contribution in [0.3, 0.4) is 0 Å². The first-order valence-corrected chi connectivity index (χ1v) is 10.1. The number of aromatic nitrogens is 1. The summed E-state index contributed by atoms with van der Waals surface area (Å²) in [7, 11) is 0. The number of aryl methyl sites for hydroxylation is 2. The summed E-state index contributed by atoms with van der Waals surface area (Å²) in [5.41, 5.74) is 1.90. The molecule has 0 bridgehead atoms. The van der Waals surface area contributed by atoms with Gasteiger partial charge < -0.3 is 5.11 Å². The Bertz CT molecular complexity index is 1130. The van der Waals surface area contributed by atoms with Crippen LogP contribution < -0.4 is 4.90 Å². The molecule has 0 radical (unpaired) electrons. The maximum atomic E-state index is 13.0. The molecule has 1 aliphatic heterocycles. The molecule has 1 amide bonds. The predicted octanol–water partition coefficient (Wildman–Crippen LogP) is 5.04. The van der Waals surface area contributed by atoms with Gasteiger partial charge in [-0.15, -0.1) is 11.3 Å². The van der Waals surface area contributed by atoms with Crippen molar-refractivity contribution >= 4 is 45.5 Å². The van der Waals surface area contributed by atoms with E-state index in [0.29, 0.717) is 21.3 Å². The number of carbonyl (C=O) groups is 2. The third kappa shape index (κ3) is 3.34. The third-order valence-electron chi connectivity index (χ3n) is 4.88. The van der Waals surface area contributed by atoms with Gasteiger partial charge in [0.25, 0.3) is 5.78 Å². The molecule has 1 atom stereocenters. The fraction of sp³-hybridized carbons (Fsp3) is 0.136. The molecule has 3 aromatic rings. The topological polar surface area (TPSA) is 70.5 Å². The number of thiazole rings is 1. The van der Waals surface area contributed by atoms with Gasteiger partial charge in [-0.2, -0.15) is 0 Å². The molecule has 0 saturated carbocycles. The Morgan fingerprint density at radius 3 is 2.45 bits per heavy atom. The highest BCUT2D eigenvalue weighted by Crippen LogP contribution is 2.44. The van der Waals surface area contributed by atoms with Crippen molar-refractivity contribution in [2.24, 2.45) is 0 Å². The molecule has 0 aliphatic carbocycles. The van der Waals surface area contributed by atoms with Crippen LogP contribution in [-0.2, 0) is 9.59 Å². The first-order valence-electron chi connectivity index (χ1n) is 8.94. The Balaban J connectivity index is 1.97. The number of hydrogen-bond donors (Lipinski definition) is 1. The van der Waals surface area contributed by atoms with Gasteiger partial charge in [0.15, 0.2) is 5.13 Å². The van der Waals surface area contributed by atoms with E-state index in [1.165, 1.54) is 16.2 Å². The number of amides is 1. The van der Waals surface area contributed by atoms with Gasteiger partial charge in [0.05, 0.1) is 17.3 Å². The zero-order valence-corrected chi connectivity index (χ0v) is 17.3. The van der Waals surface area contributed by atoms with E-state index >= 15 is 0 Å². The summed E-state index contributed by atoms with van der Waals surface area (Å²) in [6.07, 6.45) is 0. The SMILES string of the molecule is Cc1nc(N2C(=O)C(=O)C(=C(O)c3ccccc3)C2c2cccc(Cl)c2)sc1C. The highest BCUT2D eigenvalue weighted by Gasteiger charge is 2.48. The van der Waals surface area contributed by atoms with E-state index in [1.807, 2.05) is 19.9 Å². The van der Waals surface area contributed by atoms with Gasteiger partial charge in [0, 0.05) is 15.5 Å². The molecule has 1 N–H and O–H groups in total. The molecule has 2 heterocycles. The summed E-state index contributed by atoms with van der Waals surface area (Å²) in [4.78, 5) is 32.8. The predicted molar refractivity (Wildman–Crippen MR) is 114 cm³/mol. The number of hydrogen-bond acceptors (Lipinski definition) is 5. The van der Waals surface area contributed by atoms with E-state index in [0.717, 1.165) is 10.6 Å². The number of rotatable bonds is 3. The second-order valence-electron chi connectivity index (χ2n) is 6.73. The average molecular weight is 425 g/mol. The number of aliphatic hydroxyl groups excluding tert-OH is 1. The normalized spacial score (nSPS) is 18.4. The number of Topliss-reactive ketones (excluding diaryl/α,β-unsaturated/α-hetero) is 1. The molecular weight excluding hydrogens is 408 g/mol. The maximum absolute atomic E-state index is 13.0. The monoisotopic (exact) mass is 424 g/mol. The Hall–Kier alpha value is -2.96. The van der Waals surface area contributed by atoms with Crippen molar-refractivity contribution in [3.05, 3.63) is 86.9 Å². The molecular formula is C22H17ClN2O3S. The van der Waals surface area contributed by atoms with E-state index in [9.17, 15) is 14.7 Å². The molecule has 5 nitrogen and oxygen atoms in total. The summed E-state index contributed by atoms with van der Waals surface area (Å²) in [5, 5.41) is 11.9. The van der Waals surface area contributed by atoms with Gasteiger partial charge in [-0.05, 0) is 31.5 Å². The van der Waals surface area contributed by atoms with Crippen LogP contribution in [0.4, 0.5) is 5.13 Å². The Labute approximate surface area is 176 Å². The molecule has 29 heavy (non-hydrogen) atoms. The zero-order valence-electron chi connectivity index (χ0n) is 15.7. The van der Waals surface area contributed by atoms with Crippen LogP contribution in [0.2, 0.25) is 5.02 Å². The van der Waals surface area contributed by atoms with Crippen LogP contribution in [0.25, 0.3) is 5.76 Å². The molecule has 0 spiro atoms. The summed E-state index contributed by atoms with van der Waals surface area (Å²) in [5.74, 6) is -1.69. The largest absolute Gasteiger partial charge is 0.507 e. The van der Waals surface area contributed by atoms with E-state index < -0.39 is 17.7 Å². The minimum absolute atomic E-state index is 0.0222. The zero-order chi connectivity index (χ0) is 20.7. The van der Waals surface area contributed by atoms with E-state index in [4.69, 9.17) is 11.6 Å². The van der Waals surface area contributed by atoms with Gasteiger partial charge in [-0.1, -0.05) is 54.1 Å². The fourth-order valence-corrected chi connectivity index (χ4v) is 4.47. The summed E-state index contributed by atoms with van der Waals surface area (Å²) >= 11 is 7.52. The van der Waals surface area contributed by atoms with Gasteiger partial charge in [-0.3, -0.25) is 14.5 Å². The number of benzene rings is 2. The first-order chi connectivity index (χ1) is 13.9. The van der Waals surface area contributed by atoms with Gasteiger partial charge in [0.2, 0.25) is 0 Å². The lowest BCUT2D eigenvalue weighted by molar-refractivity contribution is -0.132. The summed E-state index contributed by atoms with van der Waals surface area (Å²) in [6, 6.07) is 14.8. The quantitative estimate of drug-likeness (QED) is 0.363. The van der Waals surface area contributed by atoms with Crippen molar-refractivity contribution in [2.75, 3.05) is 4.90 Å². The van der Waals surface area contributed by atoms with Gasteiger partial charge in [-0.25, -0.2) is 4.98 Å². The number of ketones is 1. The van der Waals surface area contributed by atoms with Crippen molar-refractivity contribution < 1.29 is 14.7 Å². The average Bonchev–Trinajstić information content (AvgIpc) is 3.18. The minimum Gasteiger partial charge on any atom is -0.507 e. The number of aliphatic hydroxyl groups is 1. The highest BCUT2D eigenvalue weighted by molar-refractivity contribution is 7.16. The molecule has 7 heteroatoms. The Morgan fingerprint density at radius 2 is 1.83 bits per heavy atom. The molecule has 1 aromatic heterocycles. The lowest BCUT2D eigenvalue weighted by Crippen LogP contribution is -2.29. The van der Waals surface area contributed by atoms with E-state index in [2.05, 4.69) is 4.98 Å². The molecule has 1 unspecified atom stereocenters. The van der Waals surface area contributed by atoms with Crippen LogP contribution in [0.5, 0.6) is 0 Å². The minimum atomic E-state index is -0.821. The van der Waals surface area contributed by atoms with E-state index in [-0.39, 0.29) is 11.3 Å². The van der Waals surface area contributed by atoms with Crippen molar-refractivity contribution in [3.8, 4) is 0 Å². The van der Waals surface area contributed by atoms with E-state index in [1.54, 1.807) is 48.5 Å². The lowest BCUT2D eigenvalue weighted by atomic mass is 9.95. The fourth-order valence-electron chi connectivity index (χ4n) is 3.33. The standard InChI is InChI=1S/C22H17ClN2O3S/c1-12-13(2)29-22(24-12)25-18(15-9-6-10-16(23)11-15)17(20(27)21(25)28)19(26)14-7-4-3-5-8-14/h3-11,18,26H,1-2H3. The van der Waals surface area contributed by atoms with Crippen LogP contribution in [0.1, 0.15) is 27.7 Å². The van der Waals surface area contributed by atoms with Crippen LogP contribution in [0, 0.1) is 13.8 Å². The van der Waals surface area contributed by atoms with Crippen molar-refractivity contribution in [2.45, 2.75) is 19.9 Å². The molecule has 1 aliphatic rings.